The maximum Gasteiger partial charge on any atom is 0.144 e. The number of H-pyrrole nitrogens is 1. The van der Waals surface area contributed by atoms with Gasteiger partial charge in [0.15, 0.2) is 0 Å². The quantitative estimate of drug-likeness (QED) is 0.850. The summed E-state index contributed by atoms with van der Waals surface area (Å²) < 4.78 is 1.46. The fraction of sp³-hybridized carbons (Fsp3) is 0.250. The molecule has 88 valence electrons. The predicted molar refractivity (Wildman–Crippen MR) is 74.4 cm³/mol. The van der Waals surface area contributed by atoms with E-state index < -0.39 is 0 Å². The third-order valence-electron chi connectivity index (χ3n) is 2.42. The average Bonchev–Trinajstić information content (AvgIpc) is 2.33. The van der Waals surface area contributed by atoms with Gasteiger partial charge in [0, 0.05) is 23.7 Å². The van der Waals surface area contributed by atoms with Gasteiger partial charge >= 0.3 is 0 Å². The van der Waals surface area contributed by atoms with Crippen LogP contribution in [0.25, 0.3) is 11.4 Å². The number of aromatic amines is 1. The highest BCUT2D eigenvalue weighted by molar-refractivity contribution is 9.10. The molecule has 0 aliphatic rings. The van der Waals surface area contributed by atoms with Gasteiger partial charge in [0.1, 0.15) is 10.5 Å². The molecule has 2 rings (SSSR count). The van der Waals surface area contributed by atoms with Crippen LogP contribution in [-0.4, -0.2) is 15.0 Å². The fourth-order valence-electron chi connectivity index (χ4n) is 1.52. The van der Waals surface area contributed by atoms with E-state index in [0.717, 1.165) is 21.6 Å². The Morgan fingerprint density at radius 2 is 1.94 bits per heavy atom. The number of halogens is 1. The van der Waals surface area contributed by atoms with E-state index in [4.69, 9.17) is 12.2 Å². The van der Waals surface area contributed by atoms with E-state index >= 15 is 0 Å². The topological polar surface area (TPSA) is 41.6 Å². The highest BCUT2D eigenvalue weighted by atomic mass is 79.9. The van der Waals surface area contributed by atoms with Gasteiger partial charge in [-0.05, 0) is 34.0 Å². The Hall–Kier alpha value is -1.07. The van der Waals surface area contributed by atoms with E-state index in [1.165, 1.54) is 0 Å². The Morgan fingerprint density at radius 3 is 2.53 bits per heavy atom. The molecule has 2 aromatic heterocycles. The normalized spacial score (nSPS) is 10.8. The smallest absolute Gasteiger partial charge is 0.144 e. The molecule has 0 saturated heterocycles. The Morgan fingerprint density at radius 1 is 1.29 bits per heavy atom. The Bertz CT molecular complexity index is 578. The van der Waals surface area contributed by atoms with Gasteiger partial charge in [-0.25, -0.2) is 4.98 Å². The second-order valence-electron chi connectivity index (χ2n) is 4.01. The molecule has 0 radical (unpaired) electrons. The molecule has 2 heterocycles. The molecule has 3 nitrogen and oxygen atoms in total. The van der Waals surface area contributed by atoms with Crippen LogP contribution in [0.2, 0.25) is 0 Å². The van der Waals surface area contributed by atoms with Crippen LogP contribution in [0.15, 0.2) is 29.0 Å². The van der Waals surface area contributed by atoms with Crippen molar-refractivity contribution in [3.8, 4) is 11.4 Å². The van der Waals surface area contributed by atoms with Gasteiger partial charge < -0.3 is 4.98 Å². The number of nitrogens with one attached hydrogen (secondary N) is 1. The van der Waals surface area contributed by atoms with Crippen LogP contribution >= 0.6 is 28.1 Å². The number of hydrogen-bond donors (Lipinski definition) is 1. The summed E-state index contributed by atoms with van der Waals surface area (Å²) in [7, 11) is 0. The molecule has 5 heteroatoms. The Labute approximate surface area is 113 Å². The summed E-state index contributed by atoms with van der Waals surface area (Å²) in [5.41, 5.74) is 2.05. The van der Waals surface area contributed by atoms with Crippen molar-refractivity contribution in [3.05, 3.63) is 39.3 Å². The van der Waals surface area contributed by atoms with E-state index in [0.29, 0.717) is 10.6 Å². The number of hydrogen-bond acceptors (Lipinski definition) is 3. The Kier molecular flexibility index (Phi) is 3.69. The van der Waals surface area contributed by atoms with Crippen molar-refractivity contribution in [1.29, 1.82) is 0 Å². The van der Waals surface area contributed by atoms with E-state index in [1.54, 1.807) is 12.4 Å². The first-order chi connectivity index (χ1) is 8.09. The van der Waals surface area contributed by atoms with Gasteiger partial charge in [-0.1, -0.05) is 26.1 Å². The molecular weight excluding hydrogens is 298 g/mol. The van der Waals surface area contributed by atoms with Gasteiger partial charge in [0.05, 0.1) is 4.47 Å². The van der Waals surface area contributed by atoms with Crippen LogP contribution in [-0.2, 0) is 0 Å². The lowest BCUT2D eigenvalue weighted by molar-refractivity contribution is 0.807. The van der Waals surface area contributed by atoms with Crippen molar-refractivity contribution in [2.75, 3.05) is 0 Å². The minimum absolute atomic E-state index is 0.356. The summed E-state index contributed by atoms with van der Waals surface area (Å²) in [5, 5.41) is 0. The van der Waals surface area contributed by atoms with Crippen LogP contribution < -0.4 is 0 Å². The number of aromatic nitrogens is 3. The third kappa shape index (κ3) is 2.61. The molecular formula is C12H12BrN3S. The van der Waals surface area contributed by atoms with Gasteiger partial charge in [0.25, 0.3) is 0 Å². The average molecular weight is 310 g/mol. The highest BCUT2D eigenvalue weighted by Gasteiger charge is 2.10. The molecule has 0 bridgehead atoms. The van der Waals surface area contributed by atoms with Gasteiger partial charge in [-0.3, -0.25) is 4.98 Å². The van der Waals surface area contributed by atoms with Crippen molar-refractivity contribution >= 4 is 28.1 Å². The second-order valence-corrected chi connectivity index (χ2v) is 5.19. The van der Waals surface area contributed by atoms with Gasteiger partial charge in [0.2, 0.25) is 0 Å². The van der Waals surface area contributed by atoms with Crippen molar-refractivity contribution in [3.63, 3.8) is 0 Å². The van der Waals surface area contributed by atoms with Crippen LogP contribution in [0.5, 0.6) is 0 Å². The lowest BCUT2D eigenvalue weighted by Crippen LogP contribution is -2.00. The van der Waals surface area contributed by atoms with Crippen LogP contribution in [0.3, 0.4) is 0 Å². The highest BCUT2D eigenvalue weighted by Crippen LogP contribution is 2.25. The number of rotatable bonds is 2. The Balaban J connectivity index is 2.62. The molecule has 0 unspecified atom stereocenters. The predicted octanol–water partition coefficient (Wildman–Crippen LogP) is 4.09. The van der Waals surface area contributed by atoms with E-state index in [9.17, 15) is 0 Å². The summed E-state index contributed by atoms with van der Waals surface area (Å²) in [4.78, 5) is 11.7. The molecule has 0 spiro atoms. The third-order valence-corrected chi connectivity index (χ3v) is 3.78. The fourth-order valence-corrected chi connectivity index (χ4v) is 2.37. The SMILES string of the molecule is CC(C)c1[nH]c(-c2ccncc2)nc(=S)c1Br. The molecule has 1 N–H and O–H groups in total. The molecule has 0 fully saturated rings. The number of nitrogens with zero attached hydrogens (tertiary/aromatic N) is 2. The molecule has 0 aliphatic carbocycles. The summed E-state index contributed by atoms with van der Waals surface area (Å²) in [5.74, 6) is 1.14. The zero-order valence-corrected chi connectivity index (χ0v) is 12.0. The van der Waals surface area contributed by atoms with E-state index in [2.05, 4.69) is 44.7 Å². The molecule has 0 saturated carbocycles. The zero-order chi connectivity index (χ0) is 12.4. The molecule has 17 heavy (non-hydrogen) atoms. The molecule has 2 aromatic rings. The van der Waals surface area contributed by atoms with E-state index in [1.807, 2.05) is 12.1 Å². The maximum atomic E-state index is 5.25. The first kappa shape index (κ1) is 12.4. The van der Waals surface area contributed by atoms with Crippen LogP contribution in [0.4, 0.5) is 0 Å². The molecule has 0 aromatic carbocycles. The monoisotopic (exact) mass is 309 g/mol. The van der Waals surface area contributed by atoms with Crippen molar-refractivity contribution < 1.29 is 0 Å². The first-order valence-electron chi connectivity index (χ1n) is 5.29. The van der Waals surface area contributed by atoms with Crippen molar-refractivity contribution in [2.45, 2.75) is 19.8 Å². The summed E-state index contributed by atoms with van der Waals surface area (Å²) in [6.45, 7) is 4.23. The summed E-state index contributed by atoms with van der Waals surface area (Å²) in [6.07, 6.45) is 3.48. The standard InChI is InChI=1S/C12H12BrN3S/c1-7(2)10-9(13)12(17)16-11(15-10)8-3-5-14-6-4-8/h3-7H,1-2H3,(H,15,16,17). The summed E-state index contributed by atoms with van der Waals surface area (Å²) >= 11 is 8.73. The molecule has 0 amide bonds. The zero-order valence-electron chi connectivity index (χ0n) is 9.57. The minimum atomic E-state index is 0.356. The van der Waals surface area contributed by atoms with Gasteiger partial charge in [-0.2, -0.15) is 0 Å². The lowest BCUT2D eigenvalue weighted by atomic mass is 10.1. The van der Waals surface area contributed by atoms with Crippen LogP contribution in [0.1, 0.15) is 25.5 Å². The van der Waals surface area contributed by atoms with Gasteiger partial charge in [-0.15, -0.1) is 0 Å². The maximum absolute atomic E-state index is 5.25. The van der Waals surface area contributed by atoms with Crippen LogP contribution in [0, 0.1) is 4.64 Å². The molecule has 0 aliphatic heterocycles. The van der Waals surface area contributed by atoms with Crippen molar-refractivity contribution in [2.24, 2.45) is 0 Å². The first-order valence-corrected chi connectivity index (χ1v) is 6.50. The van der Waals surface area contributed by atoms with Crippen molar-refractivity contribution in [1.82, 2.24) is 15.0 Å². The minimum Gasteiger partial charge on any atom is -0.342 e. The largest absolute Gasteiger partial charge is 0.342 e. The number of pyridine rings is 1. The summed E-state index contributed by atoms with van der Waals surface area (Å²) in [6, 6.07) is 3.82. The lowest BCUT2D eigenvalue weighted by Gasteiger charge is -2.11. The van der Waals surface area contributed by atoms with E-state index in [-0.39, 0.29) is 0 Å². The molecule has 0 atom stereocenters. The second kappa shape index (κ2) is 5.06.